The van der Waals surface area contributed by atoms with E-state index in [9.17, 15) is 5.11 Å². The SMILES string of the molecule is Oc1ccccc1N=Cc1ccn(C2CCCCC2)c1. The van der Waals surface area contributed by atoms with Crippen molar-refractivity contribution in [1.82, 2.24) is 4.57 Å². The van der Waals surface area contributed by atoms with Crippen LogP contribution in [0.4, 0.5) is 5.69 Å². The number of benzene rings is 1. The summed E-state index contributed by atoms with van der Waals surface area (Å²) in [5, 5.41) is 9.68. The third-order valence-corrected chi connectivity index (χ3v) is 3.97. The Balaban J connectivity index is 1.72. The average molecular weight is 268 g/mol. The van der Waals surface area contributed by atoms with Crippen molar-refractivity contribution in [1.29, 1.82) is 0 Å². The van der Waals surface area contributed by atoms with Gasteiger partial charge in [-0.25, -0.2) is 0 Å². The van der Waals surface area contributed by atoms with Gasteiger partial charge in [0, 0.05) is 30.2 Å². The van der Waals surface area contributed by atoms with Crippen LogP contribution in [0.15, 0.2) is 47.7 Å². The maximum Gasteiger partial charge on any atom is 0.141 e. The Bertz CT molecular complexity index is 595. The minimum atomic E-state index is 0.218. The Kier molecular flexibility index (Phi) is 3.86. The molecule has 0 amide bonds. The van der Waals surface area contributed by atoms with Crippen molar-refractivity contribution in [2.24, 2.45) is 4.99 Å². The molecule has 0 radical (unpaired) electrons. The lowest BCUT2D eigenvalue weighted by Crippen LogP contribution is -2.10. The van der Waals surface area contributed by atoms with Crippen LogP contribution in [0, 0.1) is 0 Å². The lowest BCUT2D eigenvalue weighted by molar-refractivity contribution is 0.354. The van der Waals surface area contributed by atoms with Gasteiger partial charge in [0.25, 0.3) is 0 Å². The summed E-state index contributed by atoms with van der Waals surface area (Å²) in [6.45, 7) is 0. The van der Waals surface area contributed by atoms with E-state index >= 15 is 0 Å². The first-order valence-corrected chi connectivity index (χ1v) is 7.32. The zero-order valence-corrected chi connectivity index (χ0v) is 11.6. The molecule has 0 spiro atoms. The van der Waals surface area contributed by atoms with Crippen molar-refractivity contribution in [2.75, 3.05) is 0 Å². The highest BCUT2D eigenvalue weighted by atomic mass is 16.3. The monoisotopic (exact) mass is 268 g/mol. The summed E-state index contributed by atoms with van der Waals surface area (Å²) < 4.78 is 2.31. The quantitative estimate of drug-likeness (QED) is 0.820. The molecule has 20 heavy (non-hydrogen) atoms. The lowest BCUT2D eigenvalue weighted by atomic mass is 9.95. The van der Waals surface area contributed by atoms with Crippen molar-refractivity contribution >= 4 is 11.9 Å². The molecule has 2 aromatic rings. The fourth-order valence-corrected chi connectivity index (χ4v) is 2.83. The fourth-order valence-electron chi connectivity index (χ4n) is 2.83. The summed E-state index contributed by atoms with van der Waals surface area (Å²) in [7, 11) is 0. The first-order chi connectivity index (χ1) is 9.83. The molecule has 0 bridgehead atoms. The summed E-state index contributed by atoms with van der Waals surface area (Å²) in [6, 6.07) is 9.87. The van der Waals surface area contributed by atoms with Gasteiger partial charge in [-0.15, -0.1) is 0 Å². The van der Waals surface area contributed by atoms with Gasteiger partial charge in [0.15, 0.2) is 0 Å². The summed E-state index contributed by atoms with van der Waals surface area (Å²) in [6.07, 6.45) is 12.7. The second-order valence-electron chi connectivity index (χ2n) is 5.43. The number of hydrogen-bond donors (Lipinski definition) is 1. The Hall–Kier alpha value is -2.03. The molecule has 1 aliphatic rings. The number of rotatable bonds is 3. The Morgan fingerprint density at radius 2 is 1.90 bits per heavy atom. The van der Waals surface area contributed by atoms with Crippen LogP contribution in [0.5, 0.6) is 5.75 Å². The summed E-state index contributed by atoms with van der Waals surface area (Å²) in [5.74, 6) is 0.218. The maximum absolute atomic E-state index is 9.68. The third kappa shape index (κ3) is 2.93. The molecule has 0 unspecified atom stereocenters. The van der Waals surface area contributed by atoms with Gasteiger partial charge in [0.05, 0.1) is 0 Å². The van der Waals surface area contributed by atoms with E-state index in [-0.39, 0.29) is 5.75 Å². The summed E-state index contributed by atoms with van der Waals surface area (Å²) in [4.78, 5) is 4.35. The molecule has 1 saturated carbocycles. The number of phenols is 1. The normalized spacial score (nSPS) is 16.8. The molecule has 1 fully saturated rings. The van der Waals surface area contributed by atoms with Gasteiger partial charge in [-0.2, -0.15) is 0 Å². The minimum absolute atomic E-state index is 0.218. The van der Waals surface area contributed by atoms with Gasteiger partial charge < -0.3 is 9.67 Å². The van der Waals surface area contributed by atoms with Crippen LogP contribution in [0.3, 0.4) is 0 Å². The number of nitrogens with zero attached hydrogens (tertiary/aromatic N) is 2. The molecular weight excluding hydrogens is 248 g/mol. The van der Waals surface area contributed by atoms with Gasteiger partial charge >= 0.3 is 0 Å². The summed E-state index contributed by atoms with van der Waals surface area (Å²) in [5.41, 5.74) is 1.69. The standard InChI is InChI=1S/C17H20N2O/c20-17-9-5-4-8-16(17)18-12-14-10-11-19(13-14)15-6-2-1-3-7-15/h4-5,8-13,15,20H,1-3,6-7H2. The van der Waals surface area contributed by atoms with E-state index in [4.69, 9.17) is 0 Å². The topological polar surface area (TPSA) is 37.5 Å². The highest BCUT2D eigenvalue weighted by Gasteiger charge is 2.14. The number of hydrogen-bond acceptors (Lipinski definition) is 2. The van der Waals surface area contributed by atoms with E-state index in [0.29, 0.717) is 11.7 Å². The van der Waals surface area contributed by atoms with Crippen LogP contribution < -0.4 is 0 Å². The molecule has 1 aliphatic carbocycles. The molecule has 1 heterocycles. The predicted octanol–water partition coefficient (Wildman–Crippen LogP) is 4.45. The van der Waals surface area contributed by atoms with Crippen LogP contribution in [0.1, 0.15) is 43.7 Å². The van der Waals surface area contributed by atoms with Gasteiger partial charge in [-0.1, -0.05) is 31.4 Å². The van der Waals surface area contributed by atoms with Crippen molar-refractivity contribution in [3.8, 4) is 5.75 Å². The molecule has 3 heteroatoms. The zero-order chi connectivity index (χ0) is 13.8. The van der Waals surface area contributed by atoms with Gasteiger partial charge in [0.2, 0.25) is 0 Å². The zero-order valence-electron chi connectivity index (χ0n) is 11.6. The first kappa shape index (κ1) is 13.0. The molecule has 0 atom stereocenters. The molecule has 1 aromatic carbocycles. The third-order valence-electron chi connectivity index (χ3n) is 3.97. The van der Waals surface area contributed by atoms with E-state index in [1.807, 2.05) is 18.3 Å². The van der Waals surface area contributed by atoms with E-state index in [1.54, 1.807) is 12.1 Å². The van der Waals surface area contributed by atoms with Crippen LogP contribution in [-0.4, -0.2) is 15.9 Å². The molecule has 1 aromatic heterocycles. The molecule has 0 saturated heterocycles. The van der Waals surface area contributed by atoms with Gasteiger partial charge in [-0.3, -0.25) is 4.99 Å². The average Bonchev–Trinajstić information content (AvgIpc) is 2.96. The fraction of sp³-hybridized carbons (Fsp3) is 0.353. The van der Waals surface area contributed by atoms with Crippen LogP contribution >= 0.6 is 0 Å². The smallest absolute Gasteiger partial charge is 0.141 e. The second-order valence-corrected chi connectivity index (χ2v) is 5.43. The highest BCUT2D eigenvalue weighted by Crippen LogP contribution is 2.28. The molecule has 3 rings (SSSR count). The molecule has 1 N–H and O–H groups in total. The molecule has 0 aliphatic heterocycles. The van der Waals surface area contributed by atoms with Crippen LogP contribution in [-0.2, 0) is 0 Å². The Labute approximate surface area is 119 Å². The first-order valence-electron chi connectivity index (χ1n) is 7.32. The minimum Gasteiger partial charge on any atom is -0.506 e. The number of phenolic OH excluding ortho intramolecular Hbond substituents is 1. The number of aromatic hydroxyl groups is 1. The van der Waals surface area contributed by atoms with E-state index in [1.165, 1.54) is 32.1 Å². The van der Waals surface area contributed by atoms with Crippen molar-refractivity contribution < 1.29 is 5.11 Å². The maximum atomic E-state index is 9.68. The van der Waals surface area contributed by atoms with E-state index in [0.717, 1.165) is 5.56 Å². The number of aromatic nitrogens is 1. The van der Waals surface area contributed by atoms with Crippen molar-refractivity contribution in [2.45, 2.75) is 38.1 Å². The van der Waals surface area contributed by atoms with Crippen molar-refractivity contribution in [3.05, 3.63) is 48.3 Å². The van der Waals surface area contributed by atoms with Crippen molar-refractivity contribution in [3.63, 3.8) is 0 Å². The molecule has 3 nitrogen and oxygen atoms in total. The highest BCUT2D eigenvalue weighted by molar-refractivity contribution is 5.82. The van der Waals surface area contributed by atoms with Crippen LogP contribution in [0.25, 0.3) is 0 Å². The predicted molar refractivity (Wildman–Crippen MR) is 81.9 cm³/mol. The number of aliphatic imine (C=N–C) groups is 1. The molecular formula is C17H20N2O. The summed E-state index contributed by atoms with van der Waals surface area (Å²) >= 11 is 0. The van der Waals surface area contributed by atoms with Gasteiger partial charge in [0.1, 0.15) is 11.4 Å². The Morgan fingerprint density at radius 3 is 2.70 bits per heavy atom. The molecule has 104 valence electrons. The van der Waals surface area contributed by atoms with Gasteiger partial charge in [-0.05, 0) is 31.0 Å². The number of para-hydroxylation sites is 2. The van der Waals surface area contributed by atoms with E-state index in [2.05, 4.69) is 28.0 Å². The second kappa shape index (κ2) is 5.95. The largest absolute Gasteiger partial charge is 0.506 e. The lowest BCUT2D eigenvalue weighted by Gasteiger charge is -2.23. The Morgan fingerprint density at radius 1 is 1.10 bits per heavy atom. The van der Waals surface area contributed by atoms with Crippen LogP contribution in [0.2, 0.25) is 0 Å². The van der Waals surface area contributed by atoms with E-state index < -0.39 is 0 Å².